The Morgan fingerprint density at radius 1 is 1.28 bits per heavy atom. The summed E-state index contributed by atoms with van der Waals surface area (Å²) in [5.74, 6) is -0.236. The van der Waals surface area contributed by atoms with Gasteiger partial charge < -0.3 is 9.47 Å². The molecule has 1 aromatic carbocycles. The highest BCUT2D eigenvalue weighted by Crippen LogP contribution is 2.27. The van der Waals surface area contributed by atoms with E-state index in [9.17, 15) is 13.2 Å². The number of carbonyl (C=O) groups is 1. The maximum atomic E-state index is 12.9. The molecule has 5 nitrogen and oxygen atoms in total. The zero-order valence-electron chi connectivity index (χ0n) is 15.1. The molecule has 1 amide bonds. The molecule has 2 aromatic rings. The van der Waals surface area contributed by atoms with E-state index in [1.165, 1.54) is 11.2 Å². The van der Waals surface area contributed by atoms with Gasteiger partial charge in [-0.05, 0) is 54.9 Å². The number of amides is 1. The lowest BCUT2D eigenvalue weighted by Gasteiger charge is -2.24. The number of benzene rings is 1. The largest absolute Gasteiger partial charge is 0.338 e. The van der Waals surface area contributed by atoms with E-state index in [1.54, 1.807) is 14.0 Å². The van der Waals surface area contributed by atoms with Gasteiger partial charge in [-0.15, -0.1) is 0 Å². The monoisotopic (exact) mass is 426 g/mol. The molecule has 0 aliphatic heterocycles. The fourth-order valence-corrected chi connectivity index (χ4v) is 4.49. The first-order valence-corrected chi connectivity index (χ1v) is 10.8. The Labute approximate surface area is 157 Å². The molecular formula is C18H23BrN2O3S. The number of rotatable bonds is 5. The van der Waals surface area contributed by atoms with E-state index in [4.69, 9.17) is 0 Å². The summed E-state index contributed by atoms with van der Waals surface area (Å²) in [7, 11) is -1.51. The molecule has 0 N–H and O–H groups in total. The number of carbonyl (C=O) groups excluding carboxylic acids is 1. The van der Waals surface area contributed by atoms with E-state index in [0.717, 1.165) is 21.5 Å². The van der Waals surface area contributed by atoms with E-state index in [0.29, 0.717) is 5.56 Å². The second-order valence-electron chi connectivity index (χ2n) is 6.43. The van der Waals surface area contributed by atoms with E-state index < -0.39 is 15.9 Å². The highest BCUT2D eigenvalue weighted by molar-refractivity contribution is 9.10. The van der Waals surface area contributed by atoms with Gasteiger partial charge in [-0.1, -0.05) is 12.1 Å². The predicted octanol–water partition coefficient (Wildman–Crippen LogP) is 3.36. The lowest BCUT2D eigenvalue weighted by Crippen LogP contribution is -2.39. The smallest absolute Gasteiger partial charge is 0.255 e. The Morgan fingerprint density at radius 3 is 2.44 bits per heavy atom. The Morgan fingerprint density at radius 2 is 1.88 bits per heavy atom. The van der Waals surface area contributed by atoms with Gasteiger partial charge in [0.15, 0.2) is 0 Å². The number of aryl methyl sites for hydroxylation is 1. The summed E-state index contributed by atoms with van der Waals surface area (Å²) < 4.78 is 26.0. The molecule has 0 radical (unpaired) electrons. The predicted molar refractivity (Wildman–Crippen MR) is 104 cm³/mol. The van der Waals surface area contributed by atoms with Crippen molar-refractivity contribution in [2.45, 2.75) is 26.8 Å². The van der Waals surface area contributed by atoms with Crippen molar-refractivity contribution in [3.63, 3.8) is 0 Å². The quantitative estimate of drug-likeness (QED) is 0.735. The zero-order chi connectivity index (χ0) is 18.9. The summed E-state index contributed by atoms with van der Waals surface area (Å²) in [6.45, 7) is 5.59. The molecule has 0 saturated heterocycles. The van der Waals surface area contributed by atoms with Gasteiger partial charge >= 0.3 is 0 Å². The summed E-state index contributed by atoms with van der Waals surface area (Å²) in [4.78, 5) is 14.4. The van der Waals surface area contributed by atoms with Crippen molar-refractivity contribution < 1.29 is 13.2 Å². The summed E-state index contributed by atoms with van der Waals surface area (Å²) in [6.07, 6.45) is 1.18. The van der Waals surface area contributed by atoms with Crippen molar-refractivity contribution in [1.29, 1.82) is 0 Å². The molecule has 7 heteroatoms. The molecule has 25 heavy (non-hydrogen) atoms. The van der Waals surface area contributed by atoms with Crippen molar-refractivity contribution in [3.05, 3.63) is 51.8 Å². The summed E-state index contributed by atoms with van der Waals surface area (Å²) in [6, 6.07) is 9.27. The molecule has 0 bridgehead atoms. The minimum absolute atomic E-state index is 0.0573. The highest BCUT2D eigenvalue weighted by atomic mass is 79.9. The number of hydrogen-bond donors (Lipinski definition) is 0. The van der Waals surface area contributed by atoms with Crippen LogP contribution in [0.25, 0.3) is 5.69 Å². The van der Waals surface area contributed by atoms with E-state index in [1.807, 2.05) is 48.7 Å². The van der Waals surface area contributed by atoms with Gasteiger partial charge in [-0.2, -0.15) is 0 Å². The summed E-state index contributed by atoms with van der Waals surface area (Å²) in [5.41, 5.74) is 3.31. The Hall–Kier alpha value is -1.60. The molecule has 1 aromatic heterocycles. The standard InChI is InChI=1S/C18H23BrN2O3S/c1-12-10-15(18(22)20(4)13(2)11-25(5,23)24)14(3)21(12)17-9-7-6-8-16(17)19/h6-10,13H,11H2,1-5H3. The number of halogens is 1. The second-order valence-corrected chi connectivity index (χ2v) is 9.47. The number of sulfone groups is 1. The molecule has 136 valence electrons. The van der Waals surface area contributed by atoms with Crippen LogP contribution in [0.2, 0.25) is 0 Å². The average Bonchev–Trinajstić information content (AvgIpc) is 2.80. The first kappa shape index (κ1) is 19.7. The third-order valence-corrected chi connectivity index (χ3v) is 6.04. The number of nitrogens with zero attached hydrogens (tertiary/aromatic N) is 2. The van der Waals surface area contributed by atoms with Crippen LogP contribution in [0.15, 0.2) is 34.8 Å². The average molecular weight is 427 g/mol. The topological polar surface area (TPSA) is 59.4 Å². The Balaban J connectivity index is 2.40. The van der Waals surface area contributed by atoms with E-state index >= 15 is 0 Å². The number of para-hydroxylation sites is 1. The van der Waals surface area contributed by atoms with Gasteiger partial charge in [0.2, 0.25) is 0 Å². The molecular weight excluding hydrogens is 404 g/mol. The maximum Gasteiger partial charge on any atom is 0.255 e. The minimum Gasteiger partial charge on any atom is -0.338 e. The van der Waals surface area contributed by atoms with Gasteiger partial charge in [-0.3, -0.25) is 4.79 Å². The van der Waals surface area contributed by atoms with Gasteiger partial charge in [0.25, 0.3) is 5.91 Å². The van der Waals surface area contributed by atoms with Crippen LogP contribution in [0.1, 0.15) is 28.7 Å². The van der Waals surface area contributed by atoms with Gasteiger partial charge in [0.05, 0.1) is 17.0 Å². The third kappa shape index (κ3) is 4.33. The van der Waals surface area contributed by atoms with Crippen LogP contribution in [0.3, 0.4) is 0 Å². The molecule has 0 saturated carbocycles. The molecule has 1 heterocycles. The van der Waals surface area contributed by atoms with Gasteiger partial charge in [0.1, 0.15) is 9.84 Å². The summed E-state index contributed by atoms with van der Waals surface area (Å²) in [5, 5.41) is 0. The lowest BCUT2D eigenvalue weighted by molar-refractivity contribution is 0.0756. The molecule has 1 unspecified atom stereocenters. The molecule has 0 aliphatic carbocycles. The van der Waals surface area contributed by atoms with Crippen molar-refractivity contribution in [2.75, 3.05) is 19.1 Å². The van der Waals surface area contributed by atoms with Crippen LogP contribution in [0, 0.1) is 13.8 Å². The fraction of sp³-hybridized carbons (Fsp3) is 0.389. The SMILES string of the molecule is Cc1cc(C(=O)N(C)C(C)CS(C)(=O)=O)c(C)n1-c1ccccc1Br. The Bertz CT molecular complexity index is 903. The van der Waals surface area contributed by atoms with Gasteiger partial charge in [-0.25, -0.2) is 8.42 Å². The first-order chi connectivity index (χ1) is 11.5. The van der Waals surface area contributed by atoms with Crippen LogP contribution < -0.4 is 0 Å². The third-order valence-electron chi connectivity index (χ3n) is 4.28. The van der Waals surface area contributed by atoms with E-state index in [-0.39, 0.29) is 11.7 Å². The minimum atomic E-state index is -3.15. The molecule has 0 spiro atoms. The number of aromatic nitrogens is 1. The number of hydrogen-bond acceptors (Lipinski definition) is 3. The molecule has 0 aliphatic rings. The molecule has 0 fully saturated rings. The van der Waals surface area contributed by atoms with Crippen LogP contribution >= 0.6 is 15.9 Å². The van der Waals surface area contributed by atoms with Crippen LogP contribution in [-0.4, -0.2) is 48.9 Å². The van der Waals surface area contributed by atoms with Crippen molar-refractivity contribution in [2.24, 2.45) is 0 Å². The summed E-state index contributed by atoms with van der Waals surface area (Å²) >= 11 is 3.55. The normalized spacial score (nSPS) is 12.9. The Kier molecular flexibility index (Phi) is 5.79. The van der Waals surface area contributed by atoms with Crippen molar-refractivity contribution in [1.82, 2.24) is 9.47 Å². The van der Waals surface area contributed by atoms with Crippen LogP contribution in [-0.2, 0) is 9.84 Å². The van der Waals surface area contributed by atoms with Crippen molar-refractivity contribution in [3.8, 4) is 5.69 Å². The first-order valence-electron chi connectivity index (χ1n) is 7.91. The fourth-order valence-electron chi connectivity index (χ4n) is 2.92. The van der Waals surface area contributed by atoms with Crippen LogP contribution in [0.4, 0.5) is 0 Å². The highest BCUT2D eigenvalue weighted by Gasteiger charge is 2.25. The molecule has 2 rings (SSSR count). The maximum absolute atomic E-state index is 12.9. The zero-order valence-corrected chi connectivity index (χ0v) is 17.5. The lowest BCUT2D eigenvalue weighted by atomic mass is 10.2. The second kappa shape index (κ2) is 7.33. The van der Waals surface area contributed by atoms with Crippen molar-refractivity contribution >= 4 is 31.7 Å². The van der Waals surface area contributed by atoms with Gasteiger partial charge in [0, 0.05) is 35.2 Å². The van der Waals surface area contributed by atoms with E-state index in [2.05, 4.69) is 15.9 Å². The molecule has 1 atom stereocenters. The van der Waals surface area contributed by atoms with Crippen LogP contribution in [0.5, 0.6) is 0 Å².